The maximum absolute atomic E-state index is 11.9. The molecule has 2 unspecified atom stereocenters. The first kappa shape index (κ1) is 36.6. The molecule has 19 heteroatoms. The van der Waals surface area contributed by atoms with Crippen LogP contribution in [0.5, 0.6) is 0 Å². The molecule has 0 spiro atoms. The Morgan fingerprint density at radius 1 is 0.691 bits per heavy atom. The fourth-order valence-corrected chi connectivity index (χ4v) is 6.73. The third-order valence-electron chi connectivity index (χ3n) is 9.24. The lowest BCUT2D eigenvalue weighted by atomic mass is 10.1. The zero-order chi connectivity index (χ0) is 38.4. The average molecular weight is 889 g/mol. The molecule has 16 nitrogen and oxygen atoms in total. The molecule has 2 saturated carbocycles. The molecule has 2 aliphatic rings. The Morgan fingerprint density at radius 2 is 1.18 bits per heavy atom. The van der Waals surface area contributed by atoms with E-state index >= 15 is 0 Å². The van der Waals surface area contributed by atoms with Gasteiger partial charge in [0, 0.05) is 33.2 Å². The Kier molecular flexibility index (Phi) is 10.0. The molecule has 3 N–H and O–H groups in total. The molecule has 0 radical (unpaired) electrons. The van der Waals surface area contributed by atoms with E-state index in [2.05, 4.69) is 77.7 Å². The first-order valence-corrected chi connectivity index (χ1v) is 19.5. The molecule has 8 heterocycles. The number of amides is 1. The number of nitrogens with one attached hydrogen (secondary N) is 1. The minimum atomic E-state index is -0.157. The van der Waals surface area contributed by atoms with Crippen molar-refractivity contribution in [3.63, 3.8) is 0 Å². The second-order valence-electron chi connectivity index (χ2n) is 13.5. The lowest BCUT2D eigenvalue weighted by Crippen LogP contribution is -2.13. The number of hydrogen-bond acceptors (Lipinski definition) is 11. The highest BCUT2D eigenvalue weighted by Gasteiger charge is 2.30. The van der Waals surface area contributed by atoms with E-state index in [1.807, 2.05) is 83.6 Å². The van der Waals surface area contributed by atoms with E-state index in [0.29, 0.717) is 17.3 Å². The van der Waals surface area contributed by atoms with Crippen LogP contribution < -0.4 is 11.1 Å². The van der Waals surface area contributed by atoms with Crippen LogP contribution in [0.1, 0.15) is 74.4 Å². The van der Waals surface area contributed by atoms with E-state index in [0.717, 1.165) is 74.6 Å². The molecule has 0 aliphatic heterocycles. The zero-order valence-corrected chi connectivity index (χ0v) is 33.4. The van der Waals surface area contributed by atoms with E-state index in [4.69, 9.17) is 17.3 Å². The summed E-state index contributed by atoms with van der Waals surface area (Å²) in [5.41, 5.74) is 10.4. The van der Waals surface area contributed by atoms with Crippen molar-refractivity contribution in [2.45, 2.75) is 51.4 Å². The van der Waals surface area contributed by atoms with Gasteiger partial charge in [0.15, 0.2) is 28.4 Å². The van der Waals surface area contributed by atoms with Crippen molar-refractivity contribution in [1.82, 2.24) is 58.4 Å². The number of rotatable bonds is 7. The van der Waals surface area contributed by atoms with Crippen molar-refractivity contribution in [1.29, 1.82) is 0 Å². The van der Waals surface area contributed by atoms with Gasteiger partial charge >= 0.3 is 0 Å². The highest BCUT2D eigenvalue weighted by Crippen LogP contribution is 2.31. The smallest absolute Gasteiger partial charge is 0.228 e. The lowest BCUT2D eigenvalue weighted by molar-refractivity contribution is -0.117. The minimum absolute atomic E-state index is 0.0164. The third-order valence-corrected chi connectivity index (χ3v) is 10.5. The van der Waals surface area contributed by atoms with Crippen LogP contribution >= 0.6 is 43.5 Å². The van der Waals surface area contributed by atoms with Crippen LogP contribution in [0.3, 0.4) is 0 Å². The average Bonchev–Trinajstić information content (AvgIpc) is 4.05. The fraction of sp³-hybridized carbons (Fsp3) is 0.278. The second-order valence-corrected chi connectivity index (χ2v) is 15.7. The summed E-state index contributed by atoms with van der Waals surface area (Å²) in [6.07, 6.45) is 11.3. The molecular weight excluding hydrogens is 856 g/mol. The van der Waals surface area contributed by atoms with Gasteiger partial charge in [-0.3, -0.25) is 18.4 Å². The van der Waals surface area contributed by atoms with Crippen LogP contribution in [0.15, 0.2) is 82.3 Å². The number of halogens is 3. The summed E-state index contributed by atoms with van der Waals surface area (Å²) in [5.74, 6) is 2.94. The van der Waals surface area contributed by atoms with Gasteiger partial charge in [-0.1, -0.05) is 0 Å². The summed E-state index contributed by atoms with van der Waals surface area (Å²) in [6.45, 7) is 4.09. The van der Waals surface area contributed by atoms with Gasteiger partial charge in [-0.25, -0.2) is 19.0 Å². The summed E-state index contributed by atoms with van der Waals surface area (Å²) >= 11 is 12.0. The van der Waals surface area contributed by atoms with E-state index in [-0.39, 0.29) is 34.8 Å². The molecule has 0 saturated heterocycles. The molecule has 280 valence electrons. The Labute approximate surface area is 334 Å². The SMILES string of the molecule is CC(c1ccc2nc(N)cn2n1)c1nnc2ccc(Br)cn12.CC(c1ccc2nc(NC(=O)C3CC3)cn2n1)c1nnc2ccc(Br)cn12.O=C(Cl)C1CC1. The fourth-order valence-electron chi connectivity index (χ4n) is 5.84. The zero-order valence-electron chi connectivity index (χ0n) is 29.5. The Hall–Kier alpha value is -5.33. The monoisotopic (exact) mass is 886 g/mol. The largest absolute Gasteiger partial charge is 0.382 e. The number of hydrogen-bond donors (Lipinski definition) is 2. The third kappa shape index (κ3) is 8.06. The quantitative estimate of drug-likeness (QED) is 0.167. The van der Waals surface area contributed by atoms with Gasteiger partial charge in [-0.2, -0.15) is 10.2 Å². The van der Waals surface area contributed by atoms with Crippen molar-refractivity contribution in [3.05, 3.63) is 105 Å². The molecule has 10 rings (SSSR count). The van der Waals surface area contributed by atoms with Gasteiger partial charge in [0.1, 0.15) is 17.5 Å². The molecule has 2 aliphatic carbocycles. The maximum Gasteiger partial charge on any atom is 0.228 e. The van der Waals surface area contributed by atoms with Crippen molar-refractivity contribution in [2.75, 3.05) is 11.1 Å². The van der Waals surface area contributed by atoms with Crippen molar-refractivity contribution in [3.8, 4) is 0 Å². The number of imidazole rings is 2. The highest BCUT2D eigenvalue weighted by molar-refractivity contribution is 9.10. The standard InChI is InChI=1S/C18H16BrN7O.C14H12BrN7.C4H5ClO/c1-10(17-23-22-16-6-4-12(19)8-25(16)17)13-5-7-15-20-14(9-26(15)24-13)21-18(27)11-2-3-11;1-8(10-3-5-12-17-11(16)7-22(12)20-10)14-19-18-13-4-2-9(15)6-21(13)14;5-4(6)3-1-2-3/h4-11H,2-3H2,1H3,(H,21,27);2-8H,16H2,1H3;3H,1-2H2. The topological polar surface area (TPSA) is 193 Å². The Balaban J connectivity index is 0.000000137. The normalized spacial score (nSPS) is 15.0. The van der Waals surface area contributed by atoms with Crippen LogP contribution in [0.25, 0.3) is 22.6 Å². The highest BCUT2D eigenvalue weighted by atomic mass is 79.9. The van der Waals surface area contributed by atoms with Crippen LogP contribution in [0.2, 0.25) is 0 Å². The molecule has 2 fully saturated rings. The maximum atomic E-state index is 11.9. The number of nitrogen functional groups attached to an aromatic ring is 1. The number of anilines is 2. The summed E-state index contributed by atoms with van der Waals surface area (Å²) in [6, 6.07) is 15.4. The molecule has 1 amide bonds. The first-order valence-electron chi connectivity index (χ1n) is 17.5. The minimum Gasteiger partial charge on any atom is -0.382 e. The number of nitrogens with two attached hydrogens (primary N) is 1. The number of fused-ring (bicyclic) bond motifs is 4. The summed E-state index contributed by atoms with van der Waals surface area (Å²) in [4.78, 5) is 30.5. The molecule has 8 aromatic rings. The number of carbonyl (C=O) groups excluding carboxylic acids is 2. The van der Waals surface area contributed by atoms with E-state index < -0.39 is 0 Å². The van der Waals surface area contributed by atoms with Crippen molar-refractivity contribution >= 4 is 88.8 Å². The first-order chi connectivity index (χ1) is 26.5. The van der Waals surface area contributed by atoms with Crippen molar-refractivity contribution in [2.24, 2.45) is 11.8 Å². The predicted molar refractivity (Wildman–Crippen MR) is 212 cm³/mol. The van der Waals surface area contributed by atoms with Gasteiger partial charge in [0.2, 0.25) is 11.1 Å². The summed E-state index contributed by atoms with van der Waals surface area (Å²) in [5, 5.41) is 29.0. The number of carbonyl (C=O) groups is 2. The van der Waals surface area contributed by atoms with Gasteiger partial charge in [-0.05, 0) is 132 Å². The number of aromatic nitrogens is 12. The molecule has 0 bridgehead atoms. The van der Waals surface area contributed by atoms with E-state index in [9.17, 15) is 9.59 Å². The second kappa shape index (κ2) is 15.1. The number of pyridine rings is 2. The Morgan fingerprint density at radius 3 is 1.67 bits per heavy atom. The van der Waals surface area contributed by atoms with Gasteiger partial charge in [0.05, 0.1) is 35.6 Å². The molecular formula is C36H33Br2ClN14O2. The molecule has 55 heavy (non-hydrogen) atoms. The van der Waals surface area contributed by atoms with Crippen molar-refractivity contribution < 1.29 is 9.59 Å². The lowest BCUT2D eigenvalue weighted by Gasteiger charge is -2.09. The predicted octanol–water partition coefficient (Wildman–Crippen LogP) is 6.47. The van der Waals surface area contributed by atoms with Crippen LogP contribution in [-0.2, 0) is 9.59 Å². The molecule has 0 aromatic carbocycles. The summed E-state index contributed by atoms with van der Waals surface area (Å²) < 4.78 is 9.21. The molecule has 8 aromatic heterocycles. The van der Waals surface area contributed by atoms with Gasteiger partial charge < -0.3 is 11.1 Å². The van der Waals surface area contributed by atoms with E-state index in [1.165, 1.54) is 0 Å². The van der Waals surface area contributed by atoms with Crippen LogP contribution in [0.4, 0.5) is 11.6 Å². The van der Waals surface area contributed by atoms with E-state index in [1.54, 1.807) is 21.4 Å². The van der Waals surface area contributed by atoms with Gasteiger partial charge in [0.25, 0.3) is 0 Å². The molecule has 2 atom stereocenters. The Bertz CT molecular complexity index is 2720. The van der Waals surface area contributed by atoms with Crippen LogP contribution in [-0.4, -0.2) is 69.5 Å². The summed E-state index contributed by atoms with van der Waals surface area (Å²) in [7, 11) is 0. The van der Waals surface area contributed by atoms with Gasteiger partial charge in [-0.15, -0.1) is 20.4 Å². The number of nitrogens with zero attached hydrogens (tertiary/aromatic N) is 12. The van der Waals surface area contributed by atoms with Crippen LogP contribution in [0, 0.1) is 11.8 Å².